The van der Waals surface area contributed by atoms with Gasteiger partial charge in [-0.3, -0.25) is 0 Å². The molecule has 0 aliphatic carbocycles. The van der Waals surface area contributed by atoms with Gasteiger partial charge in [-0.1, -0.05) is 24.3 Å². The fourth-order valence-corrected chi connectivity index (χ4v) is 3.14. The first-order valence-corrected chi connectivity index (χ1v) is 8.68. The summed E-state index contributed by atoms with van der Waals surface area (Å²) in [5, 5.41) is 2.96. The lowest BCUT2D eigenvalue weighted by atomic mass is 10.1. The molecule has 1 aromatic heterocycles. The third-order valence-electron chi connectivity index (χ3n) is 2.67. The summed E-state index contributed by atoms with van der Waals surface area (Å²) in [5.74, 6) is 0. The molecule has 0 unspecified atom stereocenters. The predicted octanol–water partition coefficient (Wildman–Crippen LogP) is 2.21. The number of aromatic nitrogens is 1. The number of hydrogen-bond donors (Lipinski definition) is 1. The van der Waals surface area contributed by atoms with Crippen LogP contribution in [-0.2, 0) is 16.4 Å². The monoisotopic (exact) mass is 296 g/mol. The van der Waals surface area contributed by atoms with Gasteiger partial charge in [0.25, 0.3) is 0 Å². The van der Waals surface area contributed by atoms with Crippen LogP contribution in [0.2, 0.25) is 0 Å². The van der Waals surface area contributed by atoms with E-state index in [-0.39, 0.29) is 0 Å². The lowest BCUT2D eigenvalue weighted by Gasteiger charge is -2.01. The maximum absolute atomic E-state index is 11.0. The third-order valence-corrected chi connectivity index (χ3v) is 4.33. The molecular weight excluding hydrogens is 280 g/mol. The van der Waals surface area contributed by atoms with Gasteiger partial charge in [-0.25, -0.2) is 18.1 Å². The first-order valence-electron chi connectivity index (χ1n) is 5.91. The fraction of sp³-hybridized carbons (Fsp3) is 0.308. The van der Waals surface area contributed by atoms with E-state index in [1.54, 1.807) is 11.3 Å². The summed E-state index contributed by atoms with van der Waals surface area (Å²) in [7, 11) is -3.12. The van der Waals surface area contributed by atoms with Gasteiger partial charge in [-0.15, -0.1) is 11.3 Å². The summed E-state index contributed by atoms with van der Waals surface area (Å²) in [4.78, 5) is 4.54. The molecule has 0 aliphatic rings. The number of nitrogens with zero attached hydrogens (tertiary/aromatic N) is 1. The van der Waals surface area contributed by atoms with Crippen LogP contribution >= 0.6 is 11.3 Å². The molecule has 1 aromatic carbocycles. The Morgan fingerprint density at radius 1 is 1.32 bits per heavy atom. The molecule has 0 fully saturated rings. The minimum absolute atomic E-state index is 0.385. The topological polar surface area (TPSA) is 59.1 Å². The van der Waals surface area contributed by atoms with Crippen LogP contribution < -0.4 is 4.72 Å². The van der Waals surface area contributed by atoms with Crippen molar-refractivity contribution in [2.75, 3.05) is 12.8 Å². The Labute approximate surface area is 117 Å². The van der Waals surface area contributed by atoms with Crippen LogP contribution in [0.4, 0.5) is 0 Å². The minimum atomic E-state index is -3.12. The standard InChI is InChI=1S/C13H16N2O2S2/c1-10-5-3-4-6-12(10)13-15-11(9-18-13)7-8-14-19(2,16)17/h3-6,9,14H,7-8H2,1-2H3. The maximum Gasteiger partial charge on any atom is 0.208 e. The lowest BCUT2D eigenvalue weighted by molar-refractivity contribution is 0.587. The Hall–Kier alpha value is -1.24. The SMILES string of the molecule is Cc1ccccc1-c1nc(CCNS(C)(=O)=O)cs1. The van der Waals surface area contributed by atoms with Crippen LogP contribution in [0.1, 0.15) is 11.3 Å². The van der Waals surface area contributed by atoms with Gasteiger partial charge in [-0.2, -0.15) is 0 Å². The van der Waals surface area contributed by atoms with Crippen LogP contribution in [0.25, 0.3) is 10.6 Å². The summed E-state index contributed by atoms with van der Waals surface area (Å²) in [6.45, 7) is 2.44. The molecule has 2 rings (SSSR count). The number of aryl methyl sites for hydroxylation is 1. The van der Waals surface area contributed by atoms with E-state index in [1.165, 1.54) is 5.56 Å². The Balaban J connectivity index is 2.06. The van der Waals surface area contributed by atoms with Crippen LogP contribution in [0.15, 0.2) is 29.6 Å². The first-order chi connectivity index (χ1) is 8.96. The number of rotatable bonds is 5. The quantitative estimate of drug-likeness (QED) is 0.920. The predicted molar refractivity (Wildman–Crippen MR) is 78.8 cm³/mol. The molecule has 0 atom stereocenters. The highest BCUT2D eigenvalue weighted by molar-refractivity contribution is 7.88. The van der Waals surface area contributed by atoms with E-state index in [9.17, 15) is 8.42 Å². The maximum atomic E-state index is 11.0. The second kappa shape index (κ2) is 5.81. The van der Waals surface area contributed by atoms with Gasteiger partial charge in [0.05, 0.1) is 11.9 Å². The molecule has 0 bridgehead atoms. The molecular formula is C13H16N2O2S2. The molecule has 0 spiro atoms. The van der Waals surface area contributed by atoms with Crippen molar-refractivity contribution in [1.82, 2.24) is 9.71 Å². The summed E-state index contributed by atoms with van der Waals surface area (Å²) < 4.78 is 24.4. The zero-order valence-electron chi connectivity index (χ0n) is 10.9. The van der Waals surface area contributed by atoms with Gasteiger partial charge in [0.15, 0.2) is 0 Å². The second-order valence-corrected chi connectivity index (χ2v) is 7.07. The van der Waals surface area contributed by atoms with Crippen molar-refractivity contribution < 1.29 is 8.42 Å². The molecule has 19 heavy (non-hydrogen) atoms. The lowest BCUT2D eigenvalue weighted by Crippen LogP contribution is -2.24. The van der Waals surface area contributed by atoms with E-state index in [2.05, 4.69) is 22.7 Å². The van der Waals surface area contributed by atoms with Crippen molar-refractivity contribution in [1.29, 1.82) is 0 Å². The molecule has 0 amide bonds. The fourth-order valence-electron chi connectivity index (χ4n) is 1.72. The van der Waals surface area contributed by atoms with E-state index in [0.717, 1.165) is 22.5 Å². The second-order valence-electron chi connectivity index (χ2n) is 4.38. The molecule has 1 heterocycles. The number of thiazole rings is 1. The van der Waals surface area contributed by atoms with Gasteiger partial charge in [-0.05, 0) is 12.5 Å². The van der Waals surface area contributed by atoms with Crippen molar-refractivity contribution in [3.05, 3.63) is 40.9 Å². The Morgan fingerprint density at radius 2 is 2.05 bits per heavy atom. The average Bonchev–Trinajstić information content (AvgIpc) is 2.76. The summed E-state index contributed by atoms with van der Waals surface area (Å²) in [6.07, 6.45) is 1.77. The van der Waals surface area contributed by atoms with E-state index >= 15 is 0 Å². The van der Waals surface area contributed by atoms with E-state index in [4.69, 9.17) is 0 Å². The number of sulfonamides is 1. The molecule has 102 valence electrons. The molecule has 0 saturated heterocycles. The van der Waals surface area contributed by atoms with Crippen molar-refractivity contribution in [3.8, 4) is 10.6 Å². The van der Waals surface area contributed by atoms with E-state index in [1.807, 2.05) is 23.6 Å². The van der Waals surface area contributed by atoms with Crippen LogP contribution in [-0.4, -0.2) is 26.2 Å². The minimum Gasteiger partial charge on any atom is -0.241 e. The van der Waals surface area contributed by atoms with Crippen LogP contribution in [0.5, 0.6) is 0 Å². The molecule has 0 aliphatic heterocycles. The van der Waals surface area contributed by atoms with Gasteiger partial charge in [0.1, 0.15) is 5.01 Å². The summed E-state index contributed by atoms with van der Waals surface area (Å²) in [5.41, 5.74) is 3.24. The molecule has 1 N–H and O–H groups in total. The Kier molecular flexibility index (Phi) is 4.34. The van der Waals surface area contributed by atoms with Crippen molar-refractivity contribution >= 4 is 21.4 Å². The van der Waals surface area contributed by atoms with Crippen molar-refractivity contribution in [3.63, 3.8) is 0 Å². The van der Waals surface area contributed by atoms with Crippen molar-refractivity contribution in [2.24, 2.45) is 0 Å². The Morgan fingerprint density at radius 3 is 2.74 bits per heavy atom. The smallest absolute Gasteiger partial charge is 0.208 e. The van der Waals surface area contributed by atoms with E-state index in [0.29, 0.717) is 13.0 Å². The first kappa shape index (κ1) is 14.2. The van der Waals surface area contributed by atoms with Crippen LogP contribution in [0.3, 0.4) is 0 Å². The molecule has 2 aromatic rings. The summed E-state index contributed by atoms with van der Waals surface area (Å²) >= 11 is 1.59. The molecule has 0 saturated carbocycles. The summed E-state index contributed by atoms with van der Waals surface area (Å²) in [6, 6.07) is 8.10. The highest BCUT2D eigenvalue weighted by Gasteiger charge is 2.07. The average molecular weight is 296 g/mol. The molecule has 6 heteroatoms. The largest absolute Gasteiger partial charge is 0.241 e. The van der Waals surface area contributed by atoms with Gasteiger partial charge >= 0.3 is 0 Å². The normalized spacial score (nSPS) is 11.7. The van der Waals surface area contributed by atoms with Gasteiger partial charge in [0.2, 0.25) is 10.0 Å². The zero-order valence-corrected chi connectivity index (χ0v) is 12.5. The zero-order chi connectivity index (χ0) is 13.9. The van der Waals surface area contributed by atoms with Crippen LogP contribution in [0, 0.1) is 6.92 Å². The highest BCUT2D eigenvalue weighted by atomic mass is 32.2. The number of benzene rings is 1. The van der Waals surface area contributed by atoms with Gasteiger partial charge < -0.3 is 0 Å². The Bertz CT molecular complexity index is 663. The number of nitrogens with one attached hydrogen (secondary N) is 1. The molecule has 4 nitrogen and oxygen atoms in total. The van der Waals surface area contributed by atoms with Gasteiger partial charge in [0, 0.05) is 23.9 Å². The van der Waals surface area contributed by atoms with Crippen molar-refractivity contribution in [2.45, 2.75) is 13.3 Å². The number of hydrogen-bond acceptors (Lipinski definition) is 4. The third kappa shape index (κ3) is 4.12. The highest BCUT2D eigenvalue weighted by Crippen LogP contribution is 2.26. The van der Waals surface area contributed by atoms with E-state index < -0.39 is 10.0 Å². The molecule has 0 radical (unpaired) electrons.